The minimum absolute atomic E-state index is 0.0646. The normalized spacial score (nSPS) is 13.8. The Kier molecular flexibility index (Phi) is 6.13. The number of benzene rings is 2. The predicted octanol–water partition coefficient (Wildman–Crippen LogP) is 5.41. The van der Waals surface area contributed by atoms with Gasteiger partial charge in [0.2, 0.25) is 0 Å². The van der Waals surface area contributed by atoms with E-state index in [0.717, 1.165) is 16.7 Å². The van der Waals surface area contributed by atoms with Gasteiger partial charge >= 0.3 is 12.1 Å². The van der Waals surface area contributed by atoms with E-state index < -0.39 is 35.9 Å². The van der Waals surface area contributed by atoms with Crippen molar-refractivity contribution in [2.45, 2.75) is 31.9 Å². The Bertz CT molecular complexity index is 1410. The van der Waals surface area contributed by atoms with E-state index in [1.54, 1.807) is 18.2 Å². The number of carbonyl (C=O) groups is 1. The second-order valence-corrected chi connectivity index (χ2v) is 8.69. The first-order chi connectivity index (χ1) is 17.3. The smallest absolute Gasteiger partial charge is 0.422 e. The number of aliphatic hydroxyl groups excluding tert-OH is 1. The molecule has 1 atom stereocenters. The summed E-state index contributed by atoms with van der Waals surface area (Å²) in [4.78, 5) is 11.1. The summed E-state index contributed by atoms with van der Waals surface area (Å²) in [5.74, 6) is -2.33. The summed E-state index contributed by atoms with van der Waals surface area (Å²) in [5.41, 5.74) is 2.38. The molecule has 1 aliphatic rings. The van der Waals surface area contributed by atoms with Gasteiger partial charge in [-0.1, -0.05) is 58.8 Å². The molecule has 0 spiro atoms. The monoisotopic (exact) mass is 498 g/mol. The van der Waals surface area contributed by atoms with E-state index in [1.165, 1.54) is 12.1 Å². The van der Waals surface area contributed by atoms with Crippen molar-refractivity contribution >= 4 is 5.97 Å². The van der Waals surface area contributed by atoms with E-state index in [1.807, 2.05) is 18.2 Å². The molecule has 1 unspecified atom stereocenters. The molecule has 1 aliphatic carbocycles. The lowest BCUT2D eigenvalue weighted by Gasteiger charge is -2.17. The summed E-state index contributed by atoms with van der Waals surface area (Å²) in [5, 5.41) is 26.2. The van der Waals surface area contributed by atoms with E-state index in [0.29, 0.717) is 36.9 Å². The number of aromatic nitrogens is 2. The highest BCUT2D eigenvalue weighted by molar-refractivity contribution is 5.79. The molecular weight excluding hydrogens is 477 g/mol. The Morgan fingerprint density at radius 2 is 1.72 bits per heavy atom. The van der Waals surface area contributed by atoms with Gasteiger partial charge in [-0.2, -0.15) is 13.2 Å². The number of fused-ring (bicyclic) bond motifs is 3. The Morgan fingerprint density at radius 3 is 2.42 bits per heavy atom. The Hall–Kier alpha value is -3.92. The van der Waals surface area contributed by atoms with Crippen LogP contribution in [0.4, 0.5) is 13.2 Å². The molecule has 0 aliphatic heterocycles. The number of hydrogen-bond donors (Lipinski definition) is 2. The molecule has 0 bridgehead atoms. The molecule has 2 heterocycles. The fraction of sp³-hybridized carbons (Fsp3) is 0.269. The molecule has 36 heavy (non-hydrogen) atoms. The minimum atomic E-state index is -4.73. The minimum Gasteiger partial charge on any atom is -0.481 e. The van der Waals surface area contributed by atoms with E-state index in [9.17, 15) is 23.1 Å². The largest absolute Gasteiger partial charge is 0.481 e. The van der Waals surface area contributed by atoms with Gasteiger partial charge in [-0.05, 0) is 36.8 Å². The maximum absolute atomic E-state index is 14.1. The van der Waals surface area contributed by atoms with Crippen molar-refractivity contribution < 1.29 is 37.2 Å². The maximum atomic E-state index is 14.1. The summed E-state index contributed by atoms with van der Waals surface area (Å²) in [6, 6.07) is 13.5. The number of hydrogen-bond acceptors (Lipinski definition) is 6. The van der Waals surface area contributed by atoms with Gasteiger partial charge in [0.05, 0.1) is 12.5 Å². The first-order valence-electron chi connectivity index (χ1n) is 11.3. The number of aliphatic hydroxyl groups is 1. The molecule has 0 saturated heterocycles. The van der Waals surface area contributed by atoms with Crippen LogP contribution in [0.15, 0.2) is 57.6 Å². The average molecular weight is 498 g/mol. The van der Waals surface area contributed by atoms with Gasteiger partial charge in [0, 0.05) is 16.7 Å². The van der Waals surface area contributed by atoms with Gasteiger partial charge < -0.3 is 19.3 Å². The summed E-state index contributed by atoms with van der Waals surface area (Å²) in [6.45, 7) is -0.431. The zero-order chi connectivity index (χ0) is 25.4. The Labute approximate surface area is 203 Å². The van der Waals surface area contributed by atoms with Crippen molar-refractivity contribution in [3.63, 3.8) is 0 Å². The number of rotatable bonds is 7. The number of nitrogens with zero attached hydrogens (tertiary/aromatic N) is 2. The number of halogens is 3. The van der Waals surface area contributed by atoms with Gasteiger partial charge in [-0.15, -0.1) is 0 Å². The first-order valence-corrected chi connectivity index (χ1v) is 11.3. The molecule has 0 saturated carbocycles. The molecule has 186 valence electrons. The lowest BCUT2D eigenvalue weighted by atomic mass is 9.86. The summed E-state index contributed by atoms with van der Waals surface area (Å²) >= 11 is 0. The van der Waals surface area contributed by atoms with Gasteiger partial charge in [0.25, 0.3) is 0 Å². The molecule has 4 aromatic rings. The zero-order valence-corrected chi connectivity index (χ0v) is 18.9. The summed E-state index contributed by atoms with van der Waals surface area (Å²) < 4.78 is 53.0. The van der Waals surface area contributed by atoms with Crippen LogP contribution < -0.4 is 0 Å². The fourth-order valence-electron chi connectivity index (χ4n) is 4.57. The molecule has 2 aromatic heterocycles. The Morgan fingerprint density at radius 1 is 1.00 bits per heavy atom. The molecule has 5 rings (SSSR count). The van der Waals surface area contributed by atoms with E-state index in [4.69, 9.17) is 14.2 Å². The van der Waals surface area contributed by atoms with Gasteiger partial charge in [-0.25, -0.2) is 0 Å². The fourth-order valence-corrected chi connectivity index (χ4v) is 4.57. The van der Waals surface area contributed by atoms with Gasteiger partial charge in [-0.3, -0.25) is 4.79 Å². The number of aryl methyl sites for hydroxylation is 2. The number of alkyl halides is 3. The highest BCUT2D eigenvalue weighted by atomic mass is 19.4. The van der Waals surface area contributed by atoms with Crippen molar-refractivity contribution in [1.29, 1.82) is 0 Å². The molecule has 2 N–H and O–H groups in total. The van der Waals surface area contributed by atoms with Crippen LogP contribution >= 0.6 is 0 Å². The highest BCUT2D eigenvalue weighted by Crippen LogP contribution is 2.46. The van der Waals surface area contributed by atoms with Crippen LogP contribution in [0.1, 0.15) is 28.7 Å². The third-order valence-corrected chi connectivity index (χ3v) is 6.43. The third kappa shape index (κ3) is 4.28. The van der Waals surface area contributed by atoms with Gasteiger partial charge in [0.15, 0.2) is 17.2 Å². The van der Waals surface area contributed by atoms with Crippen LogP contribution in [-0.2, 0) is 30.2 Å². The number of carboxylic acids is 1. The number of carboxylic acid groups (broad SMARTS) is 1. The van der Waals surface area contributed by atoms with Crippen molar-refractivity contribution in [2.24, 2.45) is 5.92 Å². The van der Waals surface area contributed by atoms with Crippen LogP contribution in [0, 0.1) is 5.92 Å². The van der Waals surface area contributed by atoms with E-state index in [-0.39, 0.29) is 17.1 Å². The molecule has 10 heteroatoms. The van der Waals surface area contributed by atoms with Crippen molar-refractivity contribution in [2.75, 3.05) is 6.61 Å². The van der Waals surface area contributed by atoms with E-state index >= 15 is 0 Å². The maximum Gasteiger partial charge on any atom is 0.422 e. The van der Waals surface area contributed by atoms with Crippen LogP contribution in [0.5, 0.6) is 0 Å². The van der Waals surface area contributed by atoms with Crippen molar-refractivity contribution in [3.8, 4) is 34.0 Å². The molecule has 0 amide bonds. The second kappa shape index (κ2) is 9.27. The van der Waals surface area contributed by atoms with Crippen LogP contribution in [0.25, 0.3) is 34.0 Å². The van der Waals surface area contributed by atoms with Crippen molar-refractivity contribution in [3.05, 3.63) is 70.8 Å². The summed E-state index contributed by atoms with van der Waals surface area (Å²) in [7, 11) is 0. The summed E-state index contributed by atoms with van der Waals surface area (Å²) in [6.07, 6.45) is -3.04. The standard InChI is InChI=1S/C26H21F3N2O5/c27-26(28,29)20-22(31-35-23(20)15-4-2-1-3-5-15)24-19-11-9-16-12-14(6-8-17(13-32)25(33)34)7-10-18(16)21(19)30-36-24/h1-5,7,10,12,17,32H,6,8-9,11,13H2,(H,33,34). The van der Waals surface area contributed by atoms with Crippen LogP contribution in [0.2, 0.25) is 0 Å². The topological polar surface area (TPSA) is 110 Å². The van der Waals surface area contributed by atoms with Gasteiger partial charge in [0.1, 0.15) is 11.3 Å². The highest BCUT2D eigenvalue weighted by Gasteiger charge is 2.43. The predicted molar refractivity (Wildman–Crippen MR) is 122 cm³/mol. The first kappa shape index (κ1) is 23.8. The molecule has 0 fully saturated rings. The lowest BCUT2D eigenvalue weighted by molar-refractivity contribution is -0.143. The second-order valence-electron chi connectivity index (χ2n) is 8.69. The van der Waals surface area contributed by atoms with Crippen LogP contribution in [0.3, 0.4) is 0 Å². The molecule has 2 aromatic carbocycles. The van der Waals surface area contributed by atoms with Crippen molar-refractivity contribution in [1.82, 2.24) is 10.3 Å². The average Bonchev–Trinajstić information content (AvgIpc) is 3.49. The van der Waals surface area contributed by atoms with E-state index in [2.05, 4.69) is 10.3 Å². The third-order valence-electron chi connectivity index (χ3n) is 6.43. The number of aliphatic carboxylic acids is 1. The Balaban J connectivity index is 1.49. The van der Waals surface area contributed by atoms with Crippen LogP contribution in [-0.4, -0.2) is 33.1 Å². The molecule has 7 nitrogen and oxygen atoms in total. The quantitative estimate of drug-likeness (QED) is 0.351. The molecular formula is C26H21F3N2O5. The lowest BCUT2D eigenvalue weighted by Crippen LogP contribution is -2.18. The SMILES string of the molecule is O=C(O)C(CO)CCc1ccc2c(c1)CCc1c-2noc1-c1noc(-c2ccccc2)c1C(F)(F)F. The molecule has 0 radical (unpaired) electrons. The zero-order valence-electron chi connectivity index (χ0n) is 18.9.